The van der Waals surface area contributed by atoms with Gasteiger partial charge >= 0.3 is 0 Å². The maximum Gasteiger partial charge on any atom is 0.191 e. The van der Waals surface area contributed by atoms with Crippen LogP contribution in [-0.2, 0) is 0 Å². The largest absolute Gasteiger partial charge is 0.387 e. The molecule has 2 saturated heterocycles. The quantitative estimate of drug-likeness (QED) is 0.322. The van der Waals surface area contributed by atoms with Crippen molar-refractivity contribution < 1.29 is 13.9 Å². The standard InChI is InChI=1S/C18H26F2N4OS.HI/c1-2-21-17(22-11-18(25)7-9-26-12-18)23-13-6-8-24(10-13)16-14(19)4-3-5-15(16)20;/h3-5,13,25H,2,6-12H2,1H3,(H2,21,22,23);1H. The van der Waals surface area contributed by atoms with Gasteiger partial charge in [-0.25, -0.2) is 8.78 Å². The molecule has 9 heteroatoms. The van der Waals surface area contributed by atoms with Gasteiger partial charge < -0.3 is 20.6 Å². The first kappa shape index (κ1) is 22.5. The molecule has 0 spiro atoms. The second-order valence-electron chi connectivity index (χ2n) is 6.87. The Morgan fingerprint density at radius 2 is 2.15 bits per heavy atom. The van der Waals surface area contributed by atoms with E-state index in [1.165, 1.54) is 18.2 Å². The topological polar surface area (TPSA) is 59.9 Å². The Kier molecular flexibility index (Phi) is 8.41. The number of thioether (sulfide) groups is 1. The van der Waals surface area contributed by atoms with Crippen molar-refractivity contribution in [1.29, 1.82) is 0 Å². The third-order valence-electron chi connectivity index (χ3n) is 4.74. The number of para-hydroxylation sites is 1. The summed E-state index contributed by atoms with van der Waals surface area (Å²) < 4.78 is 28.0. The molecule has 0 amide bonds. The Morgan fingerprint density at radius 3 is 2.78 bits per heavy atom. The van der Waals surface area contributed by atoms with Crippen molar-refractivity contribution in [2.24, 2.45) is 4.99 Å². The molecule has 0 bridgehead atoms. The van der Waals surface area contributed by atoms with Crippen molar-refractivity contribution in [3.05, 3.63) is 29.8 Å². The molecule has 2 fully saturated rings. The summed E-state index contributed by atoms with van der Waals surface area (Å²) in [5.74, 6) is 1.24. The van der Waals surface area contributed by atoms with E-state index in [2.05, 4.69) is 15.6 Å². The molecule has 1 aromatic rings. The zero-order chi connectivity index (χ0) is 18.6. The highest BCUT2D eigenvalue weighted by Crippen LogP contribution is 2.28. The number of nitrogens with zero attached hydrogens (tertiary/aromatic N) is 2. The number of hydrogen-bond donors (Lipinski definition) is 3. The number of aliphatic imine (C=N–C) groups is 1. The minimum absolute atomic E-state index is 0. The van der Waals surface area contributed by atoms with Crippen LogP contribution >= 0.6 is 35.7 Å². The minimum Gasteiger partial charge on any atom is -0.387 e. The normalized spacial score (nSPS) is 25.4. The number of anilines is 1. The average Bonchev–Trinajstić information content (AvgIpc) is 3.23. The molecule has 2 heterocycles. The predicted molar refractivity (Wildman–Crippen MR) is 118 cm³/mol. The van der Waals surface area contributed by atoms with E-state index in [0.29, 0.717) is 37.9 Å². The van der Waals surface area contributed by atoms with Crippen LogP contribution in [0.1, 0.15) is 19.8 Å². The Labute approximate surface area is 180 Å². The van der Waals surface area contributed by atoms with Gasteiger partial charge in [0.1, 0.15) is 17.3 Å². The van der Waals surface area contributed by atoms with Gasteiger partial charge in [-0.1, -0.05) is 6.07 Å². The van der Waals surface area contributed by atoms with E-state index >= 15 is 0 Å². The molecule has 2 aliphatic heterocycles. The van der Waals surface area contributed by atoms with E-state index in [1.54, 1.807) is 16.7 Å². The molecule has 0 aromatic heterocycles. The Bertz CT molecular complexity index is 638. The van der Waals surface area contributed by atoms with Crippen LogP contribution in [0, 0.1) is 11.6 Å². The van der Waals surface area contributed by atoms with E-state index in [-0.39, 0.29) is 35.7 Å². The number of nitrogens with one attached hydrogen (secondary N) is 2. The number of rotatable bonds is 5. The first-order valence-electron chi connectivity index (χ1n) is 9.05. The van der Waals surface area contributed by atoms with Gasteiger partial charge in [-0.15, -0.1) is 24.0 Å². The smallest absolute Gasteiger partial charge is 0.191 e. The molecule has 152 valence electrons. The van der Waals surface area contributed by atoms with Gasteiger partial charge in [0.05, 0.1) is 12.1 Å². The molecule has 0 aliphatic carbocycles. The third-order valence-corrected chi connectivity index (χ3v) is 5.98. The van der Waals surface area contributed by atoms with Gasteiger partial charge in [-0.2, -0.15) is 11.8 Å². The fourth-order valence-electron chi connectivity index (χ4n) is 3.33. The van der Waals surface area contributed by atoms with Crippen molar-refractivity contribution in [2.75, 3.05) is 42.6 Å². The summed E-state index contributed by atoms with van der Waals surface area (Å²) in [7, 11) is 0. The van der Waals surface area contributed by atoms with Crippen molar-refractivity contribution in [2.45, 2.75) is 31.4 Å². The van der Waals surface area contributed by atoms with Crippen LogP contribution in [0.5, 0.6) is 0 Å². The fourth-order valence-corrected chi connectivity index (χ4v) is 4.62. The molecule has 2 aliphatic rings. The molecule has 3 N–H and O–H groups in total. The Morgan fingerprint density at radius 1 is 1.41 bits per heavy atom. The van der Waals surface area contributed by atoms with E-state index in [4.69, 9.17) is 0 Å². The van der Waals surface area contributed by atoms with Crippen LogP contribution in [0.15, 0.2) is 23.2 Å². The summed E-state index contributed by atoms with van der Waals surface area (Å²) in [6, 6.07) is 3.98. The van der Waals surface area contributed by atoms with Crippen LogP contribution in [-0.4, -0.2) is 60.4 Å². The van der Waals surface area contributed by atoms with E-state index in [9.17, 15) is 13.9 Å². The number of aliphatic hydroxyl groups is 1. The molecule has 5 nitrogen and oxygen atoms in total. The highest BCUT2D eigenvalue weighted by Gasteiger charge is 2.32. The highest BCUT2D eigenvalue weighted by atomic mass is 127. The zero-order valence-corrected chi connectivity index (χ0v) is 18.5. The van der Waals surface area contributed by atoms with Crippen LogP contribution in [0.4, 0.5) is 14.5 Å². The van der Waals surface area contributed by atoms with Crippen molar-refractivity contribution in [3.8, 4) is 0 Å². The maximum atomic E-state index is 14.0. The molecule has 27 heavy (non-hydrogen) atoms. The molecular formula is C18H27F2IN4OS. The Hall–Kier alpha value is -0.810. The molecule has 1 aromatic carbocycles. The van der Waals surface area contributed by atoms with Gasteiger partial charge in [-0.3, -0.25) is 4.99 Å². The monoisotopic (exact) mass is 512 g/mol. The predicted octanol–water partition coefficient (Wildman–Crippen LogP) is 2.58. The van der Waals surface area contributed by atoms with Crippen LogP contribution in [0.3, 0.4) is 0 Å². The van der Waals surface area contributed by atoms with Crippen LogP contribution < -0.4 is 15.5 Å². The molecular weight excluding hydrogens is 485 g/mol. The summed E-state index contributed by atoms with van der Waals surface area (Å²) in [5, 5.41) is 17.0. The molecule has 2 atom stereocenters. The summed E-state index contributed by atoms with van der Waals surface area (Å²) in [5.41, 5.74) is -0.693. The van der Waals surface area contributed by atoms with Crippen molar-refractivity contribution in [3.63, 3.8) is 0 Å². The summed E-state index contributed by atoms with van der Waals surface area (Å²) in [6.45, 7) is 4.12. The van der Waals surface area contributed by atoms with Gasteiger partial charge in [-0.05, 0) is 37.7 Å². The lowest BCUT2D eigenvalue weighted by Gasteiger charge is -2.22. The van der Waals surface area contributed by atoms with E-state index in [0.717, 1.165) is 18.6 Å². The number of hydrogen-bond acceptors (Lipinski definition) is 4. The van der Waals surface area contributed by atoms with Gasteiger partial charge in [0.15, 0.2) is 5.96 Å². The van der Waals surface area contributed by atoms with Gasteiger partial charge in [0.2, 0.25) is 0 Å². The van der Waals surface area contributed by atoms with E-state index in [1.807, 2.05) is 6.92 Å². The number of benzene rings is 1. The lowest BCUT2D eigenvalue weighted by molar-refractivity contribution is 0.0778. The number of guanidine groups is 1. The van der Waals surface area contributed by atoms with E-state index < -0.39 is 17.2 Å². The first-order chi connectivity index (χ1) is 12.5. The van der Waals surface area contributed by atoms with Gasteiger partial charge in [0, 0.05) is 31.4 Å². The molecule has 0 saturated carbocycles. The second-order valence-corrected chi connectivity index (χ2v) is 7.97. The van der Waals surface area contributed by atoms with Crippen molar-refractivity contribution >= 4 is 47.4 Å². The second kappa shape index (κ2) is 10.1. The SMILES string of the molecule is CCNC(=NCC1(O)CCSC1)NC1CCN(c2c(F)cccc2F)C1.I. The van der Waals surface area contributed by atoms with Crippen LogP contribution in [0.2, 0.25) is 0 Å². The minimum atomic E-state index is -0.731. The first-order valence-corrected chi connectivity index (χ1v) is 10.2. The summed E-state index contributed by atoms with van der Waals surface area (Å²) in [6.07, 6.45) is 1.52. The van der Waals surface area contributed by atoms with Gasteiger partial charge in [0.25, 0.3) is 0 Å². The lowest BCUT2D eigenvalue weighted by Crippen LogP contribution is -2.45. The zero-order valence-electron chi connectivity index (χ0n) is 15.4. The summed E-state index contributed by atoms with van der Waals surface area (Å²) >= 11 is 1.74. The average molecular weight is 512 g/mol. The fraction of sp³-hybridized carbons (Fsp3) is 0.611. The molecule has 2 unspecified atom stereocenters. The highest BCUT2D eigenvalue weighted by molar-refractivity contribution is 14.0. The third kappa shape index (κ3) is 5.83. The lowest BCUT2D eigenvalue weighted by atomic mass is 10.1. The number of halogens is 3. The Balaban J connectivity index is 0.00000261. The molecule has 3 rings (SSSR count). The maximum absolute atomic E-state index is 14.0. The van der Waals surface area contributed by atoms with Crippen LogP contribution in [0.25, 0.3) is 0 Å². The summed E-state index contributed by atoms with van der Waals surface area (Å²) in [4.78, 5) is 6.26. The van der Waals surface area contributed by atoms with Crippen molar-refractivity contribution in [1.82, 2.24) is 10.6 Å². The molecule has 0 radical (unpaired) electrons.